The van der Waals surface area contributed by atoms with Crippen LogP contribution in [0.25, 0.3) is 0 Å². The molecule has 2 aliphatic rings. The van der Waals surface area contributed by atoms with Crippen LogP contribution in [0.5, 0.6) is 0 Å². The summed E-state index contributed by atoms with van der Waals surface area (Å²) in [5.74, 6) is 3.73. The van der Waals surface area contributed by atoms with Gasteiger partial charge >= 0.3 is 0 Å². The third kappa shape index (κ3) is 6.26. The summed E-state index contributed by atoms with van der Waals surface area (Å²) in [6.07, 6.45) is 17.7. The van der Waals surface area contributed by atoms with Crippen LogP contribution in [0.4, 0.5) is 0 Å². The molecule has 2 saturated carbocycles. The van der Waals surface area contributed by atoms with Gasteiger partial charge in [-0.05, 0) is 48.1 Å². The van der Waals surface area contributed by atoms with E-state index in [1.54, 1.807) is 7.28 Å². The Balaban J connectivity index is 1.79. The van der Waals surface area contributed by atoms with Gasteiger partial charge in [-0.25, -0.2) is 0 Å². The van der Waals surface area contributed by atoms with Crippen LogP contribution in [0.15, 0.2) is 0 Å². The largest absolute Gasteiger partial charge is 0.131 e. The second-order valence-electron chi connectivity index (χ2n) is 10.7. The van der Waals surface area contributed by atoms with Crippen LogP contribution in [0, 0.1) is 17.3 Å². The first-order chi connectivity index (χ1) is 11.8. The molecule has 0 nitrogen and oxygen atoms in total. The van der Waals surface area contributed by atoms with Gasteiger partial charge in [-0.2, -0.15) is 0 Å². The molecule has 2 aliphatic carbocycles. The third-order valence-electron chi connectivity index (χ3n) is 8.44. The van der Waals surface area contributed by atoms with Gasteiger partial charge in [0.15, 0.2) is 0 Å². The molecule has 0 aromatic heterocycles. The summed E-state index contributed by atoms with van der Waals surface area (Å²) in [5, 5.41) is 0.534. The van der Waals surface area contributed by atoms with Gasteiger partial charge in [-0.3, -0.25) is 0 Å². The average molecular weight is 364 g/mol. The van der Waals surface area contributed by atoms with E-state index in [2.05, 4.69) is 43.9 Å². The maximum Gasteiger partial charge on any atom is 0.127 e. The van der Waals surface area contributed by atoms with Crippen LogP contribution in [-0.4, -0.2) is 12.4 Å². The van der Waals surface area contributed by atoms with Crippen LogP contribution in [0.2, 0.25) is 11.6 Å². The monoisotopic (exact) mass is 364 g/mol. The molecular weight excluding hydrogens is 318 g/mol. The highest BCUT2D eigenvalue weighted by Gasteiger charge is 2.32. The molecule has 1 unspecified atom stereocenters. The smallest absolute Gasteiger partial charge is 0.127 e. The van der Waals surface area contributed by atoms with Gasteiger partial charge in [0.1, 0.15) is 7.28 Å². The summed E-state index contributed by atoms with van der Waals surface area (Å²) in [6, 6.07) is 0. The van der Waals surface area contributed by atoms with Crippen molar-refractivity contribution in [3.05, 3.63) is 0 Å². The summed E-state index contributed by atoms with van der Waals surface area (Å²) < 4.78 is 0. The molecule has 2 heteroatoms. The molecule has 0 aliphatic heterocycles. The Morgan fingerprint density at radius 1 is 0.720 bits per heavy atom. The van der Waals surface area contributed by atoms with Crippen molar-refractivity contribution < 1.29 is 0 Å². The van der Waals surface area contributed by atoms with E-state index >= 15 is 0 Å². The highest BCUT2D eigenvalue weighted by Crippen LogP contribution is 2.45. The number of rotatable bonds is 4. The van der Waals surface area contributed by atoms with Crippen molar-refractivity contribution in [1.29, 1.82) is 0 Å². The van der Waals surface area contributed by atoms with Crippen molar-refractivity contribution in [1.82, 2.24) is 0 Å². The van der Waals surface area contributed by atoms with Gasteiger partial charge in [0.05, 0.1) is 0 Å². The Labute approximate surface area is 162 Å². The van der Waals surface area contributed by atoms with E-state index in [1.807, 2.05) is 0 Å². The van der Waals surface area contributed by atoms with Gasteiger partial charge in [-0.15, -0.1) is 9.24 Å². The molecule has 2 rings (SSSR count). The predicted molar refractivity (Wildman–Crippen MR) is 120 cm³/mol. The minimum Gasteiger partial charge on any atom is -0.131 e. The minimum atomic E-state index is 0.534. The fraction of sp³-hybridized carbons (Fsp3) is 1.00. The van der Waals surface area contributed by atoms with Crippen molar-refractivity contribution in [2.24, 2.45) is 17.3 Å². The molecule has 0 aromatic carbocycles. The lowest BCUT2D eigenvalue weighted by atomic mass is 9.49. The lowest BCUT2D eigenvalue weighted by molar-refractivity contribution is 0.160. The molecule has 0 bridgehead atoms. The lowest BCUT2D eigenvalue weighted by Crippen LogP contribution is -2.30. The van der Waals surface area contributed by atoms with Crippen molar-refractivity contribution >= 4 is 16.5 Å². The SMILES string of the molecule is CC(C)C1(C)CCCC(BC2CCCC(P)(C(C)C)CCC2)CCC1. The lowest BCUT2D eigenvalue weighted by Gasteiger charge is -2.38. The van der Waals surface area contributed by atoms with Gasteiger partial charge in [0.2, 0.25) is 0 Å². The maximum absolute atomic E-state index is 3.24. The molecule has 0 aromatic rings. The zero-order chi connectivity index (χ0) is 18.5. The van der Waals surface area contributed by atoms with Gasteiger partial charge in [0, 0.05) is 0 Å². The molecule has 2 fully saturated rings. The molecular formula is C23H46BP. The summed E-state index contributed by atoms with van der Waals surface area (Å²) >= 11 is 0. The first-order valence-corrected chi connectivity index (χ1v) is 12.1. The molecule has 0 radical (unpaired) electrons. The minimum absolute atomic E-state index is 0.534. The summed E-state index contributed by atoms with van der Waals surface area (Å²) in [6.45, 7) is 12.3. The van der Waals surface area contributed by atoms with Crippen molar-refractivity contribution in [3.8, 4) is 0 Å². The Morgan fingerprint density at radius 3 is 1.48 bits per heavy atom. The standard InChI is InChI=1S/C23H46BP/c1-18(2)22(5)14-6-10-20(11-7-15-22)24-21-12-8-16-23(25,19(3)4)17-9-13-21/h18-21,24H,6-17,25H2,1-5H3. The second kappa shape index (κ2) is 9.62. The van der Waals surface area contributed by atoms with Gasteiger partial charge in [0.25, 0.3) is 0 Å². The average Bonchev–Trinajstić information content (AvgIpc) is 2.49. The Kier molecular flexibility index (Phi) is 8.38. The molecule has 1 atom stereocenters. The third-order valence-corrected chi connectivity index (χ3v) is 9.68. The molecule has 0 amide bonds. The Hall–Kier alpha value is 0.495. The first kappa shape index (κ1) is 21.8. The molecule has 0 N–H and O–H groups in total. The molecule has 0 saturated heterocycles. The topological polar surface area (TPSA) is 0 Å². The van der Waals surface area contributed by atoms with Crippen LogP contribution >= 0.6 is 9.24 Å². The van der Waals surface area contributed by atoms with Crippen molar-refractivity contribution in [3.63, 3.8) is 0 Å². The van der Waals surface area contributed by atoms with E-state index in [1.165, 1.54) is 77.0 Å². The molecule has 0 spiro atoms. The summed E-state index contributed by atoms with van der Waals surface area (Å²) in [7, 11) is 4.79. The quantitative estimate of drug-likeness (QED) is 0.355. The fourth-order valence-corrected chi connectivity index (χ4v) is 6.07. The molecule has 0 heterocycles. The van der Waals surface area contributed by atoms with Crippen LogP contribution in [0.1, 0.15) is 112 Å². The number of hydrogen-bond donors (Lipinski definition) is 0. The first-order valence-electron chi connectivity index (χ1n) is 11.5. The Bertz CT molecular complexity index is 334. The second-order valence-corrected chi connectivity index (χ2v) is 11.9. The van der Waals surface area contributed by atoms with Crippen LogP contribution < -0.4 is 0 Å². The predicted octanol–water partition coefficient (Wildman–Crippen LogP) is 7.64. The van der Waals surface area contributed by atoms with E-state index in [9.17, 15) is 0 Å². The van der Waals surface area contributed by atoms with Gasteiger partial charge in [-0.1, -0.05) is 97.6 Å². The fourth-order valence-electron chi connectivity index (χ4n) is 5.67. The Morgan fingerprint density at radius 2 is 1.12 bits per heavy atom. The highest BCUT2D eigenvalue weighted by molar-refractivity contribution is 7.19. The normalized spacial score (nSPS) is 38.7. The highest BCUT2D eigenvalue weighted by atomic mass is 31.0. The van der Waals surface area contributed by atoms with Crippen LogP contribution in [0.3, 0.4) is 0 Å². The van der Waals surface area contributed by atoms with E-state index in [0.29, 0.717) is 10.6 Å². The van der Waals surface area contributed by atoms with Crippen LogP contribution in [-0.2, 0) is 0 Å². The summed E-state index contributed by atoms with van der Waals surface area (Å²) in [4.78, 5) is 0. The van der Waals surface area contributed by atoms with Gasteiger partial charge < -0.3 is 0 Å². The zero-order valence-corrected chi connectivity index (χ0v) is 19.2. The van der Waals surface area contributed by atoms with E-state index < -0.39 is 0 Å². The molecule has 25 heavy (non-hydrogen) atoms. The maximum atomic E-state index is 3.24. The zero-order valence-electron chi connectivity index (χ0n) is 18.1. The molecule has 146 valence electrons. The van der Waals surface area contributed by atoms with E-state index in [-0.39, 0.29) is 0 Å². The van der Waals surface area contributed by atoms with E-state index in [0.717, 1.165) is 23.5 Å². The van der Waals surface area contributed by atoms with Crippen molar-refractivity contribution in [2.75, 3.05) is 0 Å². The van der Waals surface area contributed by atoms with Crippen molar-refractivity contribution in [2.45, 2.75) is 128 Å². The number of hydrogen-bond acceptors (Lipinski definition) is 0. The van der Waals surface area contributed by atoms with E-state index in [4.69, 9.17) is 0 Å². The summed E-state index contributed by atoms with van der Waals surface area (Å²) in [5.41, 5.74) is 0.615.